The van der Waals surface area contributed by atoms with Gasteiger partial charge in [-0.1, -0.05) is 20.3 Å². The molecule has 0 saturated heterocycles. The van der Waals surface area contributed by atoms with Gasteiger partial charge in [-0.15, -0.1) is 0 Å². The smallest absolute Gasteiger partial charge is 0.218 e. The molecule has 0 spiro atoms. The Bertz CT molecular complexity index is 244. The zero-order valence-corrected chi connectivity index (χ0v) is 10.2. The number of guanidine groups is 2. The van der Waals surface area contributed by atoms with Gasteiger partial charge in [0.05, 0.1) is 0 Å². The van der Waals surface area contributed by atoms with Crippen molar-refractivity contribution in [3.8, 4) is 0 Å². The van der Waals surface area contributed by atoms with Gasteiger partial charge in [0.25, 0.3) is 0 Å². The number of nitrogens with two attached hydrogens (primary N) is 4. The topological polar surface area (TPSA) is 129 Å². The summed E-state index contributed by atoms with van der Waals surface area (Å²) < 4.78 is 0. The third-order valence-corrected chi connectivity index (χ3v) is 2.47. The highest BCUT2D eigenvalue weighted by Gasteiger charge is 2.10. The SMILES string of the molecule is CCC(CN=C(N)N=C(N)N)CC(C)CN. The first-order valence-electron chi connectivity index (χ1n) is 5.59. The molecule has 94 valence electrons. The summed E-state index contributed by atoms with van der Waals surface area (Å²) in [5.74, 6) is 1.05. The number of nitrogens with zero attached hydrogens (tertiary/aromatic N) is 2. The number of hydrogen-bond donors (Lipinski definition) is 4. The second kappa shape index (κ2) is 7.92. The summed E-state index contributed by atoms with van der Waals surface area (Å²) in [4.78, 5) is 7.79. The third kappa shape index (κ3) is 7.05. The van der Waals surface area contributed by atoms with Gasteiger partial charge in [-0.3, -0.25) is 4.99 Å². The zero-order valence-electron chi connectivity index (χ0n) is 10.2. The Balaban J connectivity index is 4.18. The number of rotatable bonds is 6. The Hall–Kier alpha value is -1.30. The van der Waals surface area contributed by atoms with Gasteiger partial charge in [-0.05, 0) is 24.8 Å². The Labute approximate surface area is 97.2 Å². The minimum absolute atomic E-state index is 0.0652. The minimum Gasteiger partial charge on any atom is -0.370 e. The molecule has 0 radical (unpaired) electrons. The van der Waals surface area contributed by atoms with Crippen LogP contribution in [0.3, 0.4) is 0 Å². The quantitative estimate of drug-likeness (QED) is 0.363. The molecule has 6 heteroatoms. The molecule has 2 unspecified atom stereocenters. The maximum atomic E-state index is 5.58. The lowest BCUT2D eigenvalue weighted by Gasteiger charge is -2.16. The van der Waals surface area contributed by atoms with E-state index in [0.717, 1.165) is 12.8 Å². The van der Waals surface area contributed by atoms with Crippen LogP contribution in [0.1, 0.15) is 26.7 Å². The van der Waals surface area contributed by atoms with Crippen LogP contribution < -0.4 is 22.9 Å². The van der Waals surface area contributed by atoms with E-state index in [9.17, 15) is 0 Å². The molecule has 0 bridgehead atoms. The summed E-state index contributed by atoms with van der Waals surface area (Å²) in [5.41, 5.74) is 21.5. The van der Waals surface area contributed by atoms with E-state index in [1.165, 1.54) is 0 Å². The lowest BCUT2D eigenvalue weighted by atomic mass is 9.94. The highest BCUT2D eigenvalue weighted by molar-refractivity contribution is 5.92. The van der Waals surface area contributed by atoms with Gasteiger partial charge in [0, 0.05) is 6.54 Å². The van der Waals surface area contributed by atoms with Crippen molar-refractivity contribution in [3.63, 3.8) is 0 Å². The van der Waals surface area contributed by atoms with Crippen LogP contribution in [-0.4, -0.2) is 25.0 Å². The summed E-state index contributed by atoms with van der Waals surface area (Å²) in [6.45, 7) is 5.60. The van der Waals surface area contributed by atoms with Gasteiger partial charge >= 0.3 is 0 Å². The predicted molar refractivity (Wildman–Crippen MR) is 68.9 cm³/mol. The molecule has 0 amide bonds. The summed E-state index contributed by atoms with van der Waals surface area (Å²) >= 11 is 0. The summed E-state index contributed by atoms with van der Waals surface area (Å²) in [7, 11) is 0. The van der Waals surface area contributed by atoms with Crippen molar-refractivity contribution in [3.05, 3.63) is 0 Å². The first-order valence-corrected chi connectivity index (χ1v) is 5.59. The van der Waals surface area contributed by atoms with Crippen molar-refractivity contribution in [1.82, 2.24) is 0 Å². The zero-order chi connectivity index (χ0) is 12.6. The van der Waals surface area contributed by atoms with E-state index in [1.807, 2.05) is 0 Å². The van der Waals surface area contributed by atoms with Crippen LogP contribution in [-0.2, 0) is 0 Å². The molecule has 0 heterocycles. The summed E-state index contributed by atoms with van der Waals surface area (Å²) in [6.07, 6.45) is 2.09. The Morgan fingerprint density at radius 2 is 1.88 bits per heavy atom. The fourth-order valence-corrected chi connectivity index (χ4v) is 1.43. The lowest BCUT2D eigenvalue weighted by Crippen LogP contribution is -2.27. The van der Waals surface area contributed by atoms with Crippen LogP contribution >= 0.6 is 0 Å². The molecule has 0 saturated carbocycles. The molecular weight excluding hydrogens is 204 g/mol. The molecule has 0 aromatic carbocycles. The average Bonchev–Trinajstić information content (AvgIpc) is 2.22. The van der Waals surface area contributed by atoms with E-state index in [0.29, 0.717) is 24.9 Å². The predicted octanol–water partition coefficient (Wildman–Crippen LogP) is -0.414. The first-order chi connectivity index (χ1) is 7.49. The van der Waals surface area contributed by atoms with Crippen molar-refractivity contribution < 1.29 is 0 Å². The van der Waals surface area contributed by atoms with Crippen LogP contribution in [0.25, 0.3) is 0 Å². The van der Waals surface area contributed by atoms with Crippen molar-refractivity contribution in [2.45, 2.75) is 26.7 Å². The van der Waals surface area contributed by atoms with Crippen LogP contribution in [0.2, 0.25) is 0 Å². The molecule has 8 N–H and O–H groups in total. The van der Waals surface area contributed by atoms with Crippen LogP contribution in [0.15, 0.2) is 9.98 Å². The van der Waals surface area contributed by atoms with Gasteiger partial charge in [0.15, 0.2) is 5.96 Å². The largest absolute Gasteiger partial charge is 0.370 e. The van der Waals surface area contributed by atoms with Crippen molar-refractivity contribution >= 4 is 11.9 Å². The third-order valence-electron chi connectivity index (χ3n) is 2.47. The molecular formula is C10H24N6. The summed E-state index contributed by atoms with van der Waals surface area (Å²) in [5, 5.41) is 0. The van der Waals surface area contributed by atoms with E-state index < -0.39 is 0 Å². The van der Waals surface area contributed by atoms with Gasteiger partial charge in [0.1, 0.15) is 0 Å². The van der Waals surface area contributed by atoms with Crippen LogP contribution in [0, 0.1) is 11.8 Å². The van der Waals surface area contributed by atoms with Crippen LogP contribution in [0.4, 0.5) is 0 Å². The lowest BCUT2D eigenvalue weighted by molar-refractivity contribution is 0.393. The molecule has 0 aliphatic carbocycles. The Morgan fingerprint density at radius 1 is 1.25 bits per heavy atom. The second-order valence-corrected chi connectivity index (χ2v) is 4.09. The average molecular weight is 228 g/mol. The molecule has 0 aliphatic rings. The molecule has 0 rings (SSSR count). The van der Waals surface area contributed by atoms with Crippen molar-refractivity contribution in [1.29, 1.82) is 0 Å². The van der Waals surface area contributed by atoms with E-state index in [4.69, 9.17) is 22.9 Å². The van der Waals surface area contributed by atoms with E-state index in [2.05, 4.69) is 23.8 Å². The molecule has 0 aliphatic heterocycles. The maximum absolute atomic E-state index is 5.58. The molecule has 2 atom stereocenters. The van der Waals surface area contributed by atoms with Crippen molar-refractivity contribution in [2.75, 3.05) is 13.1 Å². The second-order valence-electron chi connectivity index (χ2n) is 4.09. The highest BCUT2D eigenvalue weighted by atomic mass is 15.1. The molecule has 0 aromatic rings. The van der Waals surface area contributed by atoms with Gasteiger partial charge in [-0.2, -0.15) is 4.99 Å². The van der Waals surface area contributed by atoms with Crippen LogP contribution in [0.5, 0.6) is 0 Å². The Morgan fingerprint density at radius 3 is 2.31 bits per heavy atom. The molecule has 16 heavy (non-hydrogen) atoms. The van der Waals surface area contributed by atoms with E-state index in [1.54, 1.807) is 0 Å². The normalized spacial score (nSPS) is 15.6. The Kier molecular flexibility index (Phi) is 7.28. The van der Waals surface area contributed by atoms with Gasteiger partial charge in [0.2, 0.25) is 5.96 Å². The standard InChI is InChI=1S/C10H24N6/c1-3-8(4-7(2)5-11)6-15-10(14)16-9(12)13/h7-8H,3-6,11H2,1-2H3,(H6,12,13,14,15,16). The number of hydrogen-bond acceptors (Lipinski definition) is 2. The van der Waals surface area contributed by atoms with Gasteiger partial charge in [-0.25, -0.2) is 0 Å². The molecule has 6 nitrogen and oxygen atoms in total. The first kappa shape index (κ1) is 14.7. The fourth-order valence-electron chi connectivity index (χ4n) is 1.43. The van der Waals surface area contributed by atoms with Gasteiger partial charge < -0.3 is 22.9 Å². The summed E-state index contributed by atoms with van der Waals surface area (Å²) in [6, 6.07) is 0. The molecule has 0 fully saturated rings. The van der Waals surface area contributed by atoms with E-state index >= 15 is 0 Å². The molecule has 0 aromatic heterocycles. The monoisotopic (exact) mass is 228 g/mol. The minimum atomic E-state index is -0.0652. The number of aliphatic imine (C=N–C) groups is 2. The van der Waals surface area contributed by atoms with E-state index in [-0.39, 0.29) is 11.9 Å². The van der Waals surface area contributed by atoms with Crippen molar-refractivity contribution in [2.24, 2.45) is 44.8 Å². The fraction of sp³-hybridized carbons (Fsp3) is 0.800. The maximum Gasteiger partial charge on any atom is 0.218 e. The highest BCUT2D eigenvalue weighted by Crippen LogP contribution is 2.15.